The Balaban J connectivity index is 2.79. The average Bonchev–Trinajstić information content (AvgIpc) is 2.35. The van der Waals surface area contributed by atoms with Crippen LogP contribution in [0.1, 0.15) is 0 Å². The molecule has 3 nitrogen and oxygen atoms in total. The number of hydrogen-bond donors (Lipinski definition) is 1. The second-order valence-corrected chi connectivity index (χ2v) is 3.05. The van der Waals surface area contributed by atoms with Gasteiger partial charge in [0.05, 0.1) is 0 Å². The van der Waals surface area contributed by atoms with Gasteiger partial charge in [0.2, 0.25) is 0 Å². The topological polar surface area (TPSA) is 38.0 Å². The minimum atomic E-state index is 0.569. The van der Waals surface area contributed by atoms with Crippen LogP contribution < -0.4 is 0 Å². The van der Waals surface area contributed by atoms with Crippen molar-refractivity contribution in [2.75, 3.05) is 0 Å². The van der Waals surface area contributed by atoms with E-state index in [9.17, 15) is 5.21 Å². The lowest BCUT2D eigenvalue weighted by atomic mass is 10.3. The highest BCUT2D eigenvalue weighted by Crippen LogP contribution is 2.27. The summed E-state index contributed by atoms with van der Waals surface area (Å²) in [6.07, 6.45) is 3.21. The summed E-state index contributed by atoms with van der Waals surface area (Å²) in [4.78, 5) is 3.98. The summed E-state index contributed by atoms with van der Waals surface area (Å²) < 4.78 is 1.90. The lowest BCUT2D eigenvalue weighted by Crippen LogP contribution is -1.96. The molecule has 0 amide bonds. The molecule has 2 rings (SSSR count). The minimum absolute atomic E-state index is 0.569. The van der Waals surface area contributed by atoms with Crippen LogP contribution in [0.15, 0.2) is 29.0 Å². The summed E-state index contributed by atoms with van der Waals surface area (Å²) >= 11 is 3.31. The van der Waals surface area contributed by atoms with Crippen LogP contribution in [0.5, 0.6) is 0 Å². The Morgan fingerprint density at radius 1 is 1.55 bits per heavy atom. The summed E-state index contributed by atoms with van der Waals surface area (Å²) in [7, 11) is 0. The third kappa shape index (κ3) is 0.903. The minimum Gasteiger partial charge on any atom is -0.427 e. The van der Waals surface area contributed by atoms with Gasteiger partial charge in [-0.05, 0) is 28.1 Å². The van der Waals surface area contributed by atoms with E-state index in [1.165, 1.54) is 0 Å². The summed E-state index contributed by atoms with van der Waals surface area (Å²) in [5, 5.41) is 9.22. The van der Waals surface area contributed by atoms with Crippen molar-refractivity contribution in [2.45, 2.75) is 0 Å². The lowest BCUT2D eigenvalue weighted by molar-refractivity contribution is 0.187. The predicted octanol–water partition coefficient (Wildman–Crippen LogP) is 1.99. The molecule has 0 unspecified atom stereocenters. The Bertz CT molecular complexity index is 358. The summed E-state index contributed by atoms with van der Waals surface area (Å²) in [5.74, 6) is 0.569. The van der Waals surface area contributed by atoms with Gasteiger partial charge in [0.1, 0.15) is 0 Å². The van der Waals surface area contributed by atoms with Crippen molar-refractivity contribution < 1.29 is 5.21 Å². The van der Waals surface area contributed by atoms with E-state index in [0.717, 1.165) is 14.8 Å². The number of aromatic nitrogens is 2. The van der Waals surface area contributed by atoms with Crippen LogP contribution in [0.3, 0.4) is 0 Å². The van der Waals surface area contributed by atoms with Crippen LogP contribution in [-0.2, 0) is 0 Å². The molecule has 0 saturated carbocycles. The second-order valence-electron chi connectivity index (χ2n) is 2.20. The highest BCUT2D eigenvalue weighted by atomic mass is 79.9. The first-order valence-corrected chi connectivity index (χ1v) is 3.89. The zero-order valence-corrected chi connectivity index (χ0v) is 7.12. The van der Waals surface area contributed by atoms with E-state index < -0.39 is 0 Å². The van der Waals surface area contributed by atoms with Crippen LogP contribution in [-0.4, -0.2) is 14.9 Å². The molecule has 0 saturated heterocycles. The zero-order chi connectivity index (χ0) is 7.84. The number of hydrogen-bond acceptors (Lipinski definition) is 2. The first-order valence-electron chi connectivity index (χ1n) is 3.10. The van der Waals surface area contributed by atoms with Crippen molar-refractivity contribution in [1.82, 2.24) is 9.71 Å². The Kier molecular flexibility index (Phi) is 1.35. The molecular weight excluding hydrogens is 208 g/mol. The van der Waals surface area contributed by atoms with Gasteiger partial charge in [-0.25, -0.2) is 4.98 Å². The van der Waals surface area contributed by atoms with Gasteiger partial charge in [-0.1, -0.05) is 0 Å². The van der Waals surface area contributed by atoms with Crippen LogP contribution in [0.25, 0.3) is 11.4 Å². The standard InChI is InChI=1S/C7H5BrN2O/c8-6-4-9-7-5(6)2-1-3-10(7)11/h1-4,11H. The maximum Gasteiger partial charge on any atom is 0.176 e. The fourth-order valence-electron chi connectivity index (χ4n) is 0.992. The van der Waals surface area contributed by atoms with Crippen molar-refractivity contribution in [3.63, 3.8) is 0 Å². The molecule has 0 fully saturated rings. The maximum absolute atomic E-state index is 9.22. The molecule has 0 aliphatic carbocycles. The van der Waals surface area contributed by atoms with Gasteiger partial charge < -0.3 is 5.21 Å². The molecule has 4 heteroatoms. The molecule has 1 N–H and O–H groups in total. The molecule has 0 aromatic carbocycles. The van der Waals surface area contributed by atoms with E-state index in [1.807, 2.05) is 6.07 Å². The number of fused-ring (bicyclic) bond motifs is 1. The maximum atomic E-state index is 9.22. The zero-order valence-electron chi connectivity index (χ0n) is 5.53. The Morgan fingerprint density at radius 2 is 2.36 bits per heavy atom. The third-order valence-electron chi connectivity index (χ3n) is 1.51. The van der Waals surface area contributed by atoms with E-state index in [-0.39, 0.29) is 0 Å². The molecular formula is C7H5BrN2O. The molecule has 0 bridgehead atoms. The van der Waals surface area contributed by atoms with Gasteiger partial charge in [-0.2, -0.15) is 4.73 Å². The van der Waals surface area contributed by atoms with E-state index >= 15 is 0 Å². The fraction of sp³-hybridized carbons (Fsp3) is 0. The average molecular weight is 213 g/mol. The van der Waals surface area contributed by atoms with Crippen LogP contribution in [0.4, 0.5) is 0 Å². The largest absolute Gasteiger partial charge is 0.427 e. The van der Waals surface area contributed by atoms with Gasteiger partial charge in [0.15, 0.2) is 5.82 Å². The molecule has 56 valence electrons. The molecule has 2 aliphatic heterocycles. The number of pyridine rings is 1. The van der Waals surface area contributed by atoms with Crippen molar-refractivity contribution >= 4 is 15.9 Å². The van der Waals surface area contributed by atoms with Crippen LogP contribution >= 0.6 is 15.9 Å². The number of nitrogens with zero attached hydrogens (tertiary/aromatic N) is 2. The SMILES string of the molecule is On1cccc2c(Br)cnc1-2. The molecule has 0 aromatic rings. The van der Waals surface area contributed by atoms with Gasteiger partial charge in [-0.15, -0.1) is 0 Å². The van der Waals surface area contributed by atoms with Gasteiger partial charge >= 0.3 is 0 Å². The van der Waals surface area contributed by atoms with E-state index in [1.54, 1.807) is 18.5 Å². The molecule has 0 atom stereocenters. The monoisotopic (exact) mass is 212 g/mol. The summed E-state index contributed by atoms with van der Waals surface area (Å²) in [6, 6.07) is 3.65. The van der Waals surface area contributed by atoms with Crippen LogP contribution in [0, 0.1) is 0 Å². The molecule has 2 aliphatic rings. The molecule has 2 heterocycles. The van der Waals surface area contributed by atoms with Gasteiger partial charge in [-0.3, -0.25) is 0 Å². The van der Waals surface area contributed by atoms with Crippen molar-refractivity contribution in [1.29, 1.82) is 0 Å². The first kappa shape index (κ1) is 6.67. The predicted molar refractivity (Wildman–Crippen MR) is 43.7 cm³/mol. The second kappa shape index (κ2) is 2.23. The molecule has 11 heavy (non-hydrogen) atoms. The smallest absolute Gasteiger partial charge is 0.176 e. The quantitative estimate of drug-likeness (QED) is 0.679. The number of halogens is 1. The molecule has 0 aromatic heterocycles. The highest BCUT2D eigenvalue weighted by molar-refractivity contribution is 9.10. The lowest BCUT2D eigenvalue weighted by Gasteiger charge is -2.01. The highest BCUT2D eigenvalue weighted by Gasteiger charge is 2.10. The summed E-state index contributed by atoms with van der Waals surface area (Å²) in [5.41, 5.74) is 0.912. The fourth-order valence-corrected chi connectivity index (χ4v) is 1.40. The Hall–Kier alpha value is -1.03. The van der Waals surface area contributed by atoms with Gasteiger partial charge in [0, 0.05) is 22.4 Å². The third-order valence-corrected chi connectivity index (χ3v) is 2.14. The van der Waals surface area contributed by atoms with Crippen molar-refractivity contribution in [2.24, 2.45) is 0 Å². The molecule has 0 spiro atoms. The first-order chi connectivity index (χ1) is 5.29. The summed E-state index contributed by atoms with van der Waals surface area (Å²) in [6.45, 7) is 0. The van der Waals surface area contributed by atoms with Crippen LogP contribution in [0.2, 0.25) is 0 Å². The van der Waals surface area contributed by atoms with Crippen molar-refractivity contribution in [3.8, 4) is 11.4 Å². The van der Waals surface area contributed by atoms with E-state index in [0.29, 0.717) is 5.82 Å². The normalized spacial score (nSPS) is 10.6. The molecule has 0 radical (unpaired) electrons. The Labute approximate surface area is 71.7 Å². The Morgan fingerprint density at radius 3 is 3.09 bits per heavy atom. The van der Waals surface area contributed by atoms with Crippen molar-refractivity contribution in [3.05, 3.63) is 29.0 Å². The van der Waals surface area contributed by atoms with E-state index in [2.05, 4.69) is 20.9 Å². The number of rotatable bonds is 0. The van der Waals surface area contributed by atoms with Gasteiger partial charge in [0.25, 0.3) is 0 Å². The van der Waals surface area contributed by atoms with E-state index in [4.69, 9.17) is 0 Å².